The van der Waals surface area contributed by atoms with E-state index >= 15 is 0 Å². The fraction of sp³-hybridized carbons (Fsp3) is 0.600. The second-order valence-electron chi connectivity index (χ2n) is 5.23. The van der Waals surface area contributed by atoms with Gasteiger partial charge in [-0.2, -0.15) is 0 Å². The third-order valence-electron chi connectivity index (χ3n) is 3.57. The van der Waals surface area contributed by atoms with Crippen molar-refractivity contribution in [2.24, 2.45) is 5.92 Å². The Kier molecular flexibility index (Phi) is 5.17. The van der Waals surface area contributed by atoms with E-state index in [2.05, 4.69) is 24.1 Å². The highest BCUT2D eigenvalue weighted by atomic mass is 16.5. The largest absolute Gasteiger partial charge is 0.392 e. The smallest absolute Gasteiger partial charge is 0.0681 e. The van der Waals surface area contributed by atoms with E-state index in [0.717, 1.165) is 37.8 Å². The van der Waals surface area contributed by atoms with Crippen LogP contribution >= 0.6 is 0 Å². The maximum atomic E-state index is 9.00. The highest BCUT2D eigenvalue weighted by Crippen LogP contribution is 2.16. The van der Waals surface area contributed by atoms with Gasteiger partial charge in [0.25, 0.3) is 0 Å². The first-order valence-electron chi connectivity index (χ1n) is 6.73. The number of hydrogen-bond donors (Lipinski definition) is 1. The highest BCUT2D eigenvalue weighted by molar-refractivity contribution is 5.21. The third kappa shape index (κ3) is 4.09. The second kappa shape index (κ2) is 6.88. The summed E-state index contributed by atoms with van der Waals surface area (Å²) in [7, 11) is 2.18. The van der Waals surface area contributed by atoms with Crippen LogP contribution in [0.25, 0.3) is 0 Å². The summed E-state index contributed by atoms with van der Waals surface area (Å²) in [4.78, 5) is 2.38. The van der Waals surface area contributed by atoms with Crippen molar-refractivity contribution in [3.8, 4) is 0 Å². The van der Waals surface area contributed by atoms with Crippen LogP contribution in [0.5, 0.6) is 0 Å². The molecular formula is C15H23NO2. The molecule has 1 saturated heterocycles. The van der Waals surface area contributed by atoms with Gasteiger partial charge in [0.05, 0.1) is 6.61 Å². The molecule has 0 bridgehead atoms. The normalized spacial score (nSPS) is 17.3. The third-order valence-corrected chi connectivity index (χ3v) is 3.57. The lowest BCUT2D eigenvalue weighted by atomic mass is 9.99. The summed E-state index contributed by atoms with van der Waals surface area (Å²) < 4.78 is 5.38. The Labute approximate surface area is 109 Å². The van der Waals surface area contributed by atoms with E-state index in [4.69, 9.17) is 9.84 Å². The number of hydrogen-bond acceptors (Lipinski definition) is 3. The molecule has 0 aliphatic carbocycles. The molecule has 0 spiro atoms. The van der Waals surface area contributed by atoms with Gasteiger partial charge in [0, 0.05) is 26.3 Å². The van der Waals surface area contributed by atoms with E-state index in [1.165, 1.54) is 18.4 Å². The van der Waals surface area contributed by atoms with Gasteiger partial charge in [-0.3, -0.25) is 0 Å². The quantitative estimate of drug-likeness (QED) is 0.867. The molecule has 1 aromatic carbocycles. The van der Waals surface area contributed by atoms with E-state index in [-0.39, 0.29) is 6.61 Å². The van der Waals surface area contributed by atoms with Crippen LogP contribution in [0.15, 0.2) is 24.3 Å². The molecule has 0 atom stereocenters. The lowest BCUT2D eigenvalue weighted by Crippen LogP contribution is -2.29. The van der Waals surface area contributed by atoms with E-state index < -0.39 is 0 Å². The summed E-state index contributed by atoms with van der Waals surface area (Å²) in [5.41, 5.74) is 2.28. The monoisotopic (exact) mass is 249 g/mol. The van der Waals surface area contributed by atoms with Gasteiger partial charge >= 0.3 is 0 Å². The van der Waals surface area contributed by atoms with Gasteiger partial charge in [0.2, 0.25) is 0 Å². The Bertz CT molecular complexity index is 344. The zero-order chi connectivity index (χ0) is 12.8. The van der Waals surface area contributed by atoms with Crippen molar-refractivity contribution in [1.82, 2.24) is 4.90 Å². The summed E-state index contributed by atoms with van der Waals surface area (Å²) in [6.07, 6.45) is 2.38. The molecule has 3 nitrogen and oxygen atoms in total. The first kappa shape index (κ1) is 13.5. The number of rotatable bonds is 5. The first-order valence-corrected chi connectivity index (χ1v) is 6.73. The SMILES string of the molecule is CN(Cc1ccc(CO)cc1)CC1CCOCC1. The van der Waals surface area contributed by atoms with Gasteiger partial charge in [0.1, 0.15) is 0 Å². The summed E-state index contributed by atoms with van der Waals surface area (Å²) >= 11 is 0. The van der Waals surface area contributed by atoms with Crippen molar-refractivity contribution in [3.63, 3.8) is 0 Å². The molecule has 1 heterocycles. The number of aliphatic hydroxyl groups is 1. The van der Waals surface area contributed by atoms with Crippen LogP contribution in [0, 0.1) is 5.92 Å². The van der Waals surface area contributed by atoms with E-state index in [9.17, 15) is 0 Å². The topological polar surface area (TPSA) is 32.7 Å². The summed E-state index contributed by atoms with van der Waals surface area (Å²) in [5, 5.41) is 9.00. The Morgan fingerprint density at radius 3 is 2.39 bits per heavy atom. The molecule has 1 aliphatic rings. The maximum Gasteiger partial charge on any atom is 0.0681 e. The van der Waals surface area contributed by atoms with Crippen molar-refractivity contribution in [2.45, 2.75) is 26.0 Å². The molecular weight excluding hydrogens is 226 g/mol. The Morgan fingerprint density at radius 1 is 1.17 bits per heavy atom. The average molecular weight is 249 g/mol. The zero-order valence-corrected chi connectivity index (χ0v) is 11.1. The van der Waals surface area contributed by atoms with Crippen LogP contribution in [-0.2, 0) is 17.9 Å². The lowest BCUT2D eigenvalue weighted by molar-refractivity contribution is 0.0549. The van der Waals surface area contributed by atoms with Crippen LogP contribution in [-0.4, -0.2) is 36.8 Å². The molecule has 100 valence electrons. The maximum absolute atomic E-state index is 9.00. The number of aliphatic hydroxyl groups excluding tert-OH is 1. The average Bonchev–Trinajstić information content (AvgIpc) is 2.40. The molecule has 1 N–H and O–H groups in total. The minimum absolute atomic E-state index is 0.123. The standard InChI is InChI=1S/C15H23NO2/c1-16(11-14-6-8-18-9-7-14)10-13-2-4-15(12-17)5-3-13/h2-5,14,17H,6-12H2,1H3. The molecule has 1 fully saturated rings. The fourth-order valence-electron chi connectivity index (χ4n) is 2.50. The minimum Gasteiger partial charge on any atom is -0.392 e. The van der Waals surface area contributed by atoms with E-state index in [1.54, 1.807) is 0 Å². The molecule has 1 aromatic rings. The van der Waals surface area contributed by atoms with Crippen molar-refractivity contribution in [2.75, 3.05) is 26.8 Å². The molecule has 0 radical (unpaired) electrons. The summed E-state index contributed by atoms with van der Waals surface area (Å²) in [5.74, 6) is 0.778. The Balaban J connectivity index is 1.80. The van der Waals surface area contributed by atoms with Crippen molar-refractivity contribution in [3.05, 3.63) is 35.4 Å². The molecule has 18 heavy (non-hydrogen) atoms. The fourth-order valence-corrected chi connectivity index (χ4v) is 2.50. The van der Waals surface area contributed by atoms with Crippen LogP contribution in [0.2, 0.25) is 0 Å². The minimum atomic E-state index is 0.123. The highest BCUT2D eigenvalue weighted by Gasteiger charge is 2.15. The van der Waals surface area contributed by atoms with Crippen LogP contribution in [0.4, 0.5) is 0 Å². The first-order chi connectivity index (χ1) is 8.78. The van der Waals surface area contributed by atoms with Gasteiger partial charge in [-0.15, -0.1) is 0 Å². The summed E-state index contributed by atoms with van der Waals surface area (Å²) in [6, 6.07) is 8.20. The Morgan fingerprint density at radius 2 is 1.78 bits per heavy atom. The molecule has 3 heteroatoms. The van der Waals surface area contributed by atoms with Crippen molar-refractivity contribution >= 4 is 0 Å². The van der Waals surface area contributed by atoms with Crippen LogP contribution in [0.1, 0.15) is 24.0 Å². The van der Waals surface area contributed by atoms with Gasteiger partial charge in [-0.25, -0.2) is 0 Å². The van der Waals surface area contributed by atoms with Gasteiger partial charge in [0.15, 0.2) is 0 Å². The number of benzene rings is 1. The lowest BCUT2D eigenvalue weighted by Gasteiger charge is -2.27. The summed E-state index contributed by atoms with van der Waals surface area (Å²) in [6.45, 7) is 4.08. The predicted octanol–water partition coefficient (Wildman–Crippen LogP) is 2.04. The van der Waals surface area contributed by atoms with E-state index in [1.807, 2.05) is 12.1 Å². The second-order valence-corrected chi connectivity index (χ2v) is 5.23. The predicted molar refractivity (Wildman–Crippen MR) is 72.2 cm³/mol. The molecule has 0 unspecified atom stereocenters. The Hall–Kier alpha value is -0.900. The van der Waals surface area contributed by atoms with Gasteiger partial charge < -0.3 is 14.7 Å². The van der Waals surface area contributed by atoms with E-state index in [0.29, 0.717) is 0 Å². The van der Waals surface area contributed by atoms with Crippen LogP contribution < -0.4 is 0 Å². The molecule has 0 amide bonds. The molecule has 2 rings (SSSR count). The molecule has 0 aromatic heterocycles. The van der Waals surface area contributed by atoms with Crippen LogP contribution in [0.3, 0.4) is 0 Å². The van der Waals surface area contributed by atoms with Crippen molar-refractivity contribution in [1.29, 1.82) is 0 Å². The van der Waals surface area contributed by atoms with Gasteiger partial charge in [-0.05, 0) is 36.9 Å². The number of ether oxygens (including phenoxy) is 1. The van der Waals surface area contributed by atoms with Gasteiger partial charge in [-0.1, -0.05) is 24.3 Å². The molecule has 1 aliphatic heterocycles. The van der Waals surface area contributed by atoms with Crippen molar-refractivity contribution < 1.29 is 9.84 Å². The number of nitrogens with zero attached hydrogens (tertiary/aromatic N) is 1. The zero-order valence-electron chi connectivity index (χ0n) is 11.1. The molecule has 0 saturated carbocycles.